The van der Waals surface area contributed by atoms with E-state index in [9.17, 15) is 14.7 Å². The lowest BCUT2D eigenvalue weighted by molar-refractivity contribution is 0.0600. The number of nitrogens with zero attached hydrogens (tertiary/aromatic N) is 1. The van der Waals surface area contributed by atoms with Gasteiger partial charge in [0, 0.05) is 5.92 Å². The van der Waals surface area contributed by atoms with E-state index in [1.165, 1.54) is 7.11 Å². The van der Waals surface area contributed by atoms with Gasteiger partial charge < -0.3 is 14.8 Å². The minimum absolute atomic E-state index is 0.0435. The third-order valence-electron chi connectivity index (χ3n) is 4.39. The van der Waals surface area contributed by atoms with Crippen LogP contribution in [0.5, 0.6) is 0 Å². The van der Waals surface area contributed by atoms with E-state index in [0.29, 0.717) is 28.7 Å². The van der Waals surface area contributed by atoms with Gasteiger partial charge >= 0.3 is 5.97 Å². The van der Waals surface area contributed by atoms with Gasteiger partial charge in [-0.15, -0.1) is 0 Å². The second-order valence-electron chi connectivity index (χ2n) is 6.20. The molecule has 6 nitrogen and oxygen atoms in total. The molecule has 0 spiro atoms. The highest BCUT2D eigenvalue weighted by molar-refractivity contribution is 5.89. The van der Waals surface area contributed by atoms with Crippen molar-refractivity contribution in [1.82, 2.24) is 9.97 Å². The van der Waals surface area contributed by atoms with Crippen molar-refractivity contribution in [2.75, 3.05) is 13.7 Å². The Hall–Kier alpha value is -2.99. The number of carbonyl (C=O) groups excluding carboxylic acids is 1. The number of aryl methyl sites for hydroxylation is 1. The highest BCUT2D eigenvalue weighted by Gasteiger charge is 2.14. The number of hydrogen-bond donors (Lipinski definition) is 2. The molecular formula is C20H20N2O4. The van der Waals surface area contributed by atoms with Crippen molar-refractivity contribution in [3.63, 3.8) is 0 Å². The van der Waals surface area contributed by atoms with Crippen LogP contribution in [-0.2, 0) is 11.2 Å². The number of aromatic amines is 1. The van der Waals surface area contributed by atoms with Crippen molar-refractivity contribution in [1.29, 1.82) is 0 Å². The summed E-state index contributed by atoms with van der Waals surface area (Å²) >= 11 is 0. The molecule has 26 heavy (non-hydrogen) atoms. The van der Waals surface area contributed by atoms with E-state index in [0.717, 1.165) is 11.1 Å². The van der Waals surface area contributed by atoms with E-state index in [2.05, 4.69) is 9.97 Å². The highest BCUT2D eigenvalue weighted by atomic mass is 16.5. The number of H-pyrrole nitrogens is 1. The molecule has 2 aromatic carbocycles. The van der Waals surface area contributed by atoms with Gasteiger partial charge in [-0.25, -0.2) is 9.78 Å². The van der Waals surface area contributed by atoms with E-state index in [1.54, 1.807) is 19.1 Å². The molecule has 0 aliphatic carbocycles. The largest absolute Gasteiger partial charge is 0.465 e. The summed E-state index contributed by atoms with van der Waals surface area (Å²) in [6.45, 7) is 1.70. The van der Waals surface area contributed by atoms with Crippen LogP contribution in [0.2, 0.25) is 0 Å². The summed E-state index contributed by atoms with van der Waals surface area (Å²) < 4.78 is 4.69. The Labute approximate surface area is 150 Å². The molecule has 0 amide bonds. The van der Waals surface area contributed by atoms with Crippen molar-refractivity contribution in [2.45, 2.75) is 19.3 Å². The molecule has 0 radical (unpaired) electrons. The van der Waals surface area contributed by atoms with E-state index < -0.39 is 5.97 Å². The van der Waals surface area contributed by atoms with E-state index in [1.807, 2.05) is 30.3 Å². The molecule has 0 fully saturated rings. The second-order valence-corrected chi connectivity index (χ2v) is 6.20. The van der Waals surface area contributed by atoms with Crippen molar-refractivity contribution in [3.8, 4) is 0 Å². The molecule has 3 aromatic rings. The molecule has 0 aliphatic heterocycles. The minimum atomic E-state index is -0.395. The van der Waals surface area contributed by atoms with Crippen LogP contribution < -0.4 is 5.56 Å². The molecule has 6 heteroatoms. The van der Waals surface area contributed by atoms with Crippen LogP contribution >= 0.6 is 0 Å². The number of fused-ring (bicyclic) bond motifs is 1. The second kappa shape index (κ2) is 7.49. The lowest BCUT2D eigenvalue weighted by Crippen LogP contribution is -2.12. The Morgan fingerprint density at radius 1 is 1.23 bits per heavy atom. The number of methoxy groups -OCH3 is 1. The smallest absolute Gasteiger partial charge is 0.337 e. The standard InChI is InChI=1S/C20H20N2O4/c1-12-21-18-8-3-13(10-17(18)19(24)22-12)9-16(11-23)14-4-6-15(7-5-14)20(25)26-2/h3-8,10,16,23H,9,11H2,1-2H3,(H,21,22,24). The van der Waals surface area contributed by atoms with Crippen LogP contribution in [0, 0.1) is 6.92 Å². The fourth-order valence-corrected chi connectivity index (χ4v) is 3.01. The minimum Gasteiger partial charge on any atom is -0.465 e. The Kier molecular flexibility index (Phi) is 5.14. The fourth-order valence-electron chi connectivity index (χ4n) is 3.01. The molecule has 1 unspecified atom stereocenters. The van der Waals surface area contributed by atoms with Gasteiger partial charge in [-0.2, -0.15) is 0 Å². The Morgan fingerprint density at radius 2 is 1.96 bits per heavy atom. The zero-order chi connectivity index (χ0) is 18.7. The van der Waals surface area contributed by atoms with Crippen LogP contribution in [0.4, 0.5) is 0 Å². The maximum absolute atomic E-state index is 12.1. The van der Waals surface area contributed by atoms with E-state index in [-0.39, 0.29) is 18.1 Å². The van der Waals surface area contributed by atoms with E-state index in [4.69, 9.17) is 4.74 Å². The number of benzene rings is 2. The lowest BCUT2D eigenvalue weighted by Gasteiger charge is -2.15. The number of carbonyl (C=O) groups is 1. The first-order valence-electron chi connectivity index (χ1n) is 8.30. The van der Waals surface area contributed by atoms with Gasteiger partial charge in [-0.05, 0) is 48.7 Å². The Morgan fingerprint density at radius 3 is 2.62 bits per heavy atom. The summed E-state index contributed by atoms with van der Waals surface area (Å²) in [5.74, 6) is 0.0412. The maximum Gasteiger partial charge on any atom is 0.337 e. The first-order chi connectivity index (χ1) is 12.5. The number of hydrogen-bond acceptors (Lipinski definition) is 5. The van der Waals surface area contributed by atoms with E-state index >= 15 is 0 Å². The number of rotatable bonds is 5. The third-order valence-corrected chi connectivity index (χ3v) is 4.39. The first kappa shape index (κ1) is 17.8. The van der Waals surface area contributed by atoms with Gasteiger partial charge in [0.15, 0.2) is 0 Å². The predicted octanol–water partition coefficient (Wildman–Crippen LogP) is 2.34. The molecule has 0 bridgehead atoms. The zero-order valence-corrected chi connectivity index (χ0v) is 14.7. The van der Waals surface area contributed by atoms with Crippen LogP contribution in [0.3, 0.4) is 0 Å². The summed E-state index contributed by atoms with van der Waals surface area (Å²) in [7, 11) is 1.34. The summed E-state index contributed by atoms with van der Waals surface area (Å²) in [5, 5.41) is 10.3. The molecule has 3 rings (SSSR count). The molecule has 134 valence electrons. The molecule has 1 atom stereocenters. The third kappa shape index (κ3) is 3.65. The van der Waals surface area contributed by atoms with Gasteiger partial charge in [-0.3, -0.25) is 4.79 Å². The highest BCUT2D eigenvalue weighted by Crippen LogP contribution is 2.22. The molecule has 2 N–H and O–H groups in total. The van der Waals surface area contributed by atoms with Crippen LogP contribution in [0.1, 0.15) is 33.2 Å². The average molecular weight is 352 g/mol. The van der Waals surface area contributed by atoms with Gasteiger partial charge in [-0.1, -0.05) is 18.2 Å². The van der Waals surface area contributed by atoms with Crippen molar-refractivity contribution in [2.24, 2.45) is 0 Å². The molecule has 1 aromatic heterocycles. The Bertz CT molecular complexity index is 993. The quantitative estimate of drug-likeness (QED) is 0.688. The van der Waals surface area contributed by atoms with Gasteiger partial charge in [0.05, 0.1) is 30.2 Å². The number of esters is 1. The predicted molar refractivity (Wildman–Crippen MR) is 98.4 cm³/mol. The Balaban J connectivity index is 1.87. The normalized spacial score (nSPS) is 12.1. The van der Waals surface area contributed by atoms with Gasteiger partial charge in [0.2, 0.25) is 0 Å². The number of aliphatic hydroxyl groups excluding tert-OH is 1. The van der Waals surface area contributed by atoms with Crippen LogP contribution in [0.15, 0.2) is 47.3 Å². The summed E-state index contributed by atoms with van der Waals surface area (Å²) in [5.41, 5.74) is 2.79. The van der Waals surface area contributed by atoms with Crippen molar-refractivity contribution >= 4 is 16.9 Å². The summed E-state index contributed by atoms with van der Waals surface area (Å²) in [6.07, 6.45) is 0.567. The molecular weight excluding hydrogens is 332 g/mol. The number of aliphatic hydroxyl groups is 1. The van der Waals surface area contributed by atoms with Crippen molar-refractivity contribution < 1.29 is 14.6 Å². The maximum atomic E-state index is 12.1. The topological polar surface area (TPSA) is 92.3 Å². The van der Waals surface area contributed by atoms with Crippen LogP contribution in [-0.4, -0.2) is 34.8 Å². The lowest BCUT2D eigenvalue weighted by atomic mass is 9.91. The number of ether oxygens (including phenoxy) is 1. The van der Waals surface area contributed by atoms with Crippen molar-refractivity contribution in [3.05, 3.63) is 75.3 Å². The van der Waals surface area contributed by atoms with Gasteiger partial charge in [0.1, 0.15) is 5.82 Å². The molecule has 1 heterocycles. The SMILES string of the molecule is COC(=O)c1ccc(C(CO)Cc2ccc3nc(C)[nH]c(=O)c3c2)cc1. The zero-order valence-electron chi connectivity index (χ0n) is 14.7. The molecule has 0 saturated heterocycles. The molecule has 0 saturated carbocycles. The number of aromatic nitrogens is 2. The average Bonchev–Trinajstić information content (AvgIpc) is 2.66. The van der Waals surface area contributed by atoms with Crippen LogP contribution in [0.25, 0.3) is 10.9 Å². The fraction of sp³-hybridized carbons (Fsp3) is 0.250. The monoisotopic (exact) mass is 352 g/mol. The number of nitrogens with one attached hydrogen (secondary N) is 1. The first-order valence-corrected chi connectivity index (χ1v) is 8.30. The summed E-state index contributed by atoms with van der Waals surface area (Å²) in [4.78, 5) is 30.7. The van der Waals surface area contributed by atoms with Gasteiger partial charge in [0.25, 0.3) is 5.56 Å². The molecule has 0 aliphatic rings. The summed E-state index contributed by atoms with van der Waals surface area (Å²) in [6, 6.07) is 12.5.